The molecule has 2 N–H and O–H groups in total. The molecule has 0 bridgehead atoms. The Morgan fingerprint density at radius 3 is 2.75 bits per heavy atom. The van der Waals surface area contributed by atoms with E-state index in [9.17, 15) is 5.11 Å². The van der Waals surface area contributed by atoms with Crippen molar-refractivity contribution in [2.24, 2.45) is 5.10 Å². The first kappa shape index (κ1) is 16.1. The predicted octanol–water partition coefficient (Wildman–Crippen LogP) is 1.76. The Labute approximate surface area is 142 Å². The number of piperazine rings is 1. The fourth-order valence-electron chi connectivity index (χ4n) is 2.66. The van der Waals surface area contributed by atoms with Crippen molar-refractivity contribution in [3.05, 3.63) is 48.2 Å². The zero-order chi connectivity index (χ0) is 16.8. The van der Waals surface area contributed by atoms with Gasteiger partial charge >= 0.3 is 0 Å². The first-order valence-electron chi connectivity index (χ1n) is 8.22. The minimum Gasteiger partial charge on any atom is -0.504 e. The Bertz CT molecular complexity index is 683. The maximum Gasteiger partial charge on any atom is 0.274 e. The van der Waals surface area contributed by atoms with Crippen LogP contribution in [-0.2, 0) is 0 Å². The van der Waals surface area contributed by atoms with Gasteiger partial charge in [0, 0.05) is 6.07 Å². The second kappa shape index (κ2) is 7.68. The SMILES string of the molecule is CCOc1cc(C=NN2CCN(c3cccc[nH+]3)CC2)ccc1O. The molecule has 6 nitrogen and oxygen atoms in total. The van der Waals surface area contributed by atoms with Crippen LogP contribution in [0.4, 0.5) is 5.82 Å². The summed E-state index contributed by atoms with van der Waals surface area (Å²) in [5.41, 5.74) is 0.912. The summed E-state index contributed by atoms with van der Waals surface area (Å²) >= 11 is 0. The minimum atomic E-state index is 0.154. The van der Waals surface area contributed by atoms with Gasteiger partial charge in [0.15, 0.2) is 11.5 Å². The number of phenols is 1. The summed E-state index contributed by atoms with van der Waals surface area (Å²) in [5.74, 6) is 1.79. The Morgan fingerprint density at radius 2 is 2.04 bits per heavy atom. The summed E-state index contributed by atoms with van der Waals surface area (Å²) in [6.45, 7) is 6.01. The third-order valence-electron chi connectivity index (χ3n) is 3.94. The van der Waals surface area contributed by atoms with Crippen molar-refractivity contribution in [1.82, 2.24) is 5.01 Å². The number of rotatable bonds is 5. The average molecular weight is 327 g/mol. The number of hydrazone groups is 1. The van der Waals surface area contributed by atoms with Crippen molar-refractivity contribution < 1.29 is 14.8 Å². The fraction of sp³-hybridized carbons (Fsp3) is 0.333. The number of aromatic nitrogens is 1. The molecular formula is C18H23N4O2+. The molecule has 1 aromatic carbocycles. The third kappa shape index (κ3) is 3.95. The van der Waals surface area contributed by atoms with Gasteiger partial charge in [-0.05, 0) is 36.8 Å². The van der Waals surface area contributed by atoms with Crippen LogP contribution >= 0.6 is 0 Å². The predicted molar refractivity (Wildman–Crippen MR) is 93.7 cm³/mol. The summed E-state index contributed by atoms with van der Waals surface area (Å²) in [6.07, 6.45) is 3.76. The van der Waals surface area contributed by atoms with Crippen LogP contribution in [-0.4, -0.2) is 49.1 Å². The lowest BCUT2D eigenvalue weighted by atomic mass is 10.2. The molecule has 0 radical (unpaired) electrons. The molecule has 6 heteroatoms. The molecule has 0 spiro atoms. The first-order chi connectivity index (χ1) is 11.8. The maximum atomic E-state index is 9.73. The number of pyridine rings is 1. The highest BCUT2D eigenvalue weighted by atomic mass is 16.5. The van der Waals surface area contributed by atoms with E-state index < -0.39 is 0 Å². The zero-order valence-electron chi connectivity index (χ0n) is 13.9. The summed E-state index contributed by atoms with van der Waals surface area (Å²) in [4.78, 5) is 5.58. The van der Waals surface area contributed by atoms with E-state index in [1.54, 1.807) is 12.1 Å². The van der Waals surface area contributed by atoms with Crippen LogP contribution in [0.2, 0.25) is 0 Å². The molecule has 0 saturated carbocycles. The van der Waals surface area contributed by atoms with Gasteiger partial charge in [-0.2, -0.15) is 5.10 Å². The zero-order valence-corrected chi connectivity index (χ0v) is 13.9. The van der Waals surface area contributed by atoms with Gasteiger partial charge in [-0.15, -0.1) is 0 Å². The molecule has 0 amide bonds. The van der Waals surface area contributed by atoms with Gasteiger partial charge in [-0.25, -0.2) is 4.98 Å². The number of nitrogens with zero attached hydrogens (tertiary/aromatic N) is 3. The second-order valence-electron chi connectivity index (χ2n) is 5.59. The molecule has 1 aliphatic rings. The van der Waals surface area contributed by atoms with Crippen molar-refractivity contribution >= 4 is 12.0 Å². The monoisotopic (exact) mass is 327 g/mol. The standard InChI is InChI=1S/C18H22N4O2/c1-2-24-17-13-15(6-7-16(17)23)14-20-22-11-9-21(10-12-22)18-5-3-4-8-19-18/h3-8,13-14,23H,2,9-12H2,1H3/p+1. The summed E-state index contributed by atoms with van der Waals surface area (Å²) in [6, 6.07) is 11.4. The number of aromatic amines is 1. The normalized spacial score (nSPS) is 15.0. The van der Waals surface area contributed by atoms with E-state index in [4.69, 9.17) is 4.74 Å². The molecule has 1 aromatic heterocycles. The number of aromatic hydroxyl groups is 1. The van der Waals surface area contributed by atoms with E-state index in [2.05, 4.69) is 26.1 Å². The van der Waals surface area contributed by atoms with E-state index >= 15 is 0 Å². The smallest absolute Gasteiger partial charge is 0.274 e. The Hall–Kier alpha value is -2.76. The second-order valence-corrected chi connectivity index (χ2v) is 5.59. The van der Waals surface area contributed by atoms with Gasteiger partial charge < -0.3 is 9.84 Å². The number of benzene rings is 1. The molecule has 2 heterocycles. The molecule has 1 fully saturated rings. The van der Waals surface area contributed by atoms with Crippen LogP contribution in [0.5, 0.6) is 11.5 Å². The number of H-pyrrole nitrogens is 1. The summed E-state index contributed by atoms with van der Waals surface area (Å²) < 4.78 is 5.40. The highest BCUT2D eigenvalue weighted by Gasteiger charge is 2.21. The third-order valence-corrected chi connectivity index (χ3v) is 3.94. The Morgan fingerprint density at radius 1 is 1.21 bits per heavy atom. The lowest BCUT2D eigenvalue weighted by Crippen LogP contribution is -2.45. The molecule has 126 valence electrons. The van der Waals surface area contributed by atoms with E-state index in [1.165, 1.54) is 0 Å². The molecule has 1 saturated heterocycles. The average Bonchev–Trinajstić information content (AvgIpc) is 2.64. The largest absolute Gasteiger partial charge is 0.504 e. The van der Waals surface area contributed by atoms with Gasteiger partial charge in [-0.3, -0.25) is 9.91 Å². The maximum absolute atomic E-state index is 9.73. The molecule has 1 aliphatic heterocycles. The van der Waals surface area contributed by atoms with E-state index in [0.717, 1.165) is 37.6 Å². The van der Waals surface area contributed by atoms with Gasteiger partial charge in [0.2, 0.25) is 0 Å². The molecular weight excluding hydrogens is 304 g/mol. The quantitative estimate of drug-likeness (QED) is 0.850. The summed E-state index contributed by atoms with van der Waals surface area (Å²) in [5, 5.41) is 16.3. The highest BCUT2D eigenvalue weighted by Crippen LogP contribution is 2.26. The van der Waals surface area contributed by atoms with Gasteiger partial charge in [0.25, 0.3) is 5.82 Å². The van der Waals surface area contributed by atoms with Crippen LogP contribution in [0.15, 0.2) is 47.7 Å². The number of hydrogen-bond donors (Lipinski definition) is 1. The molecule has 0 atom stereocenters. The van der Waals surface area contributed by atoms with Gasteiger partial charge in [0.1, 0.15) is 13.1 Å². The molecule has 24 heavy (non-hydrogen) atoms. The van der Waals surface area contributed by atoms with E-state index in [-0.39, 0.29) is 5.75 Å². The number of anilines is 1. The summed E-state index contributed by atoms with van der Waals surface area (Å²) in [7, 11) is 0. The lowest BCUT2D eigenvalue weighted by molar-refractivity contribution is -0.364. The Kier molecular flexibility index (Phi) is 5.15. The number of nitrogens with one attached hydrogen (secondary N) is 1. The number of hydrogen-bond acceptors (Lipinski definition) is 5. The lowest BCUT2D eigenvalue weighted by Gasteiger charge is -2.28. The first-order valence-corrected chi connectivity index (χ1v) is 8.22. The van der Waals surface area contributed by atoms with Crippen LogP contribution in [0.3, 0.4) is 0 Å². The number of ether oxygens (including phenoxy) is 1. The van der Waals surface area contributed by atoms with Crippen LogP contribution in [0, 0.1) is 0 Å². The highest BCUT2D eigenvalue weighted by molar-refractivity contribution is 5.80. The topological polar surface area (TPSA) is 62.4 Å². The van der Waals surface area contributed by atoms with Crippen molar-refractivity contribution in [2.75, 3.05) is 37.7 Å². The van der Waals surface area contributed by atoms with E-state index in [0.29, 0.717) is 12.4 Å². The molecule has 2 aromatic rings. The van der Waals surface area contributed by atoms with Crippen LogP contribution in [0.25, 0.3) is 0 Å². The fourth-order valence-corrected chi connectivity index (χ4v) is 2.66. The van der Waals surface area contributed by atoms with Gasteiger partial charge in [-0.1, -0.05) is 6.07 Å². The van der Waals surface area contributed by atoms with Crippen molar-refractivity contribution in [2.45, 2.75) is 6.92 Å². The molecule has 0 aliphatic carbocycles. The van der Waals surface area contributed by atoms with Crippen molar-refractivity contribution in [3.63, 3.8) is 0 Å². The Balaban J connectivity index is 1.58. The van der Waals surface area contributed by atoms with Gasteiger partial charge in [0.05, 0.1) is 32.1 Å². The van der Waals surface area contributed by atoms with E-state index in [1.807, 2.05) is 37.5 Å². The van der Waals surface area contributed by atoms with Crippen molar-refractivity contribution in [1.29, 1.82) is 0 Å². The molecule has 3 rings (SSSR count). The minimum absolute atomic E-state index is 0.154. The van der Waals surface area contributed by atoms with Crippen molar-refractivity contribution in [3.8, 4) is 11.5 Å². The van der Waals surface area contributed by atoms with Crippen LogP contribution < -0.4 is 14.6 Å². The number of phenolic OH excluding ortho intramolecular Hbond substituents is 1. The molecule has 0 unspecified atom stereocenters. The van der Waals surface area contributed by atoms with Crippen LogP contribution in [0.1, 0.15) is 12.5 Å².